The first-order chi connectivity index (χ1) is 13.8. The Balaban J connectivity index is 1.86. The van der Waals surface area contributed by atoms with Crippen LogP contribution in [0, 0.1) is 5.41 Å². The summed E-state index contributed by atoms with van der Waals surface area (Å²) in [6, 6.07) is 11.1. The van der Waals surface area contributed by atoms with Crippen LogP contribution in [0.1, 0.15) is 32.6 Å². The number of carbonyl (C=O) groups is 1. The van der Waals surface area contributed by atoms with Crippen molar-refractivity contribution in [2.45, 2.75) is 37.5 Å². The van der Waals surface area contributed by atoms with Gasteiger partial charge < -0.3 is 14.8 Å². The maximum Gasteiger partial charge on any atom is 0.265 e. The van der Waals surface area contributed by atoms with Crippen molar-refractivity contribution in [2.24, 2.45) is 5.41 Å². The van der Waals surface area contributed by atoms with Crippen LogP contribution in [0.25, 0.3) is 0 Å². The molecule has 7 nitrogen and oxygen atoms in total. The predicted molar refractivity (Wildman–Crippen MR) is 112 cm³/mol. The summed E-state index contributed by atoms with van der Waals surface area (Å²) in [6.07, 6.45) is 3.72. The second-order valence-corrected chi connectivity index (χ2v) is 9.07. The molecule has 1 aliphatic rings. The summed E-state index contributed by atoms with van der Waals surface area (Å²) < 4.78 is 38.8. The van der Waals surface area contributed by atoms with Crippen LogP contribution >= 0.6 is 0 Å². The van der Waals surface area contributed by atoms with Crippen LogP contribution in [0.4, 0.5) is 11.4 Å². The van der Waals surface area contributed by atoms with Gasteiger partial charge in [-0.15, -0.1) is 0 Å². The molecule has 2 aromatic rings. The number of benzene rings is 2. The molecule has 156 valence electrons. The first-order valence-electron chi connectivity index (χ1n) is 9.44. The van der Waals surface area contributed by atoms with E-state index in [1.165, 1.54) is 26.4 Å². The summed E-state index contributed by atoms with van der Waals surface area (Å²) in [6.45, 7) is 1.95. The molecule has 0 unspecified atom stereocenters. The van der Waals surface area contributed by atoms with E-state index in [0.717, 1.165) is 25.7 Å². The number of anilines is 2. The zero-order chi connectivity index (χ0) is 21.1. The van der Waals surface area contributed by atoms with E-state index >= 15 is 0 Å². The monoisotopic (exact) mass is 418 g/mol. The van der Waals surface area contributed by atoms with Crippen LogP contribution in [0.3, 0.4) is 0 Å². The lowest BCUT2D eigenvalue weighted by atomic mass is 9.88. The predicted octanol–water partition coefficient (Wildman–Crippen LogP) is 4.02. The van der Waals surface area contributed by atoms with Gasteiger partial charge in [0.05, 0.1) is 14.2 Å². The minimum Gasteiger partial charge on any atom is -0.497 e. The summed E-state index contributed by atoms with van der Waals surface area (Å²) in [5, 5.41) is 2.86. The van der Waals surface area contributed by atoms with Gasteiger partial charge in [-0.2, -0.15) is 0 Å². The number of amides is 1. The fourth-order valence-electron chi connectivity index (χ4n) is 3.50. The van der Waals surface area contributed by atoms with Gasteiger partial charge in [0.1, 0.15) is 16.4 Å². The Morgan fingerprint density at radius 2 is 1.59 bits per heavy atom. The van der Waals surface area contributed by atoms with E-state index in [1.807, 2.05) is 6.92 Å². The Kier molecular flexibility index (Phi) is 6.02. The molecule has 29 heavy (non-hydrogen) atoms. The molecule has 0 spiro atoms. The highest BCUT2D eigenvalue weighted by Gasteiger charge is 2.36. The molecule has 0 heterocycles. The van der Waals surface area contributed by atoms with Gasteiger partial charge in [-0.1, -0.05) is 19.8 Å². The van der Waals surface area contributed by atoms with Crippen LogP contribution in [0.2, 0.25) is 0 Å². The fraction of sp³-hybridized carbons (Fsp3) is 0.381. The molecule has 1 aliphatic carbocycles. The zero-order valence-corrected chi connectivity index (χ0v) is 17.6. The van der Waals surface area contributed by atoms with Gasteiger partial charge in [0.2, 0.25) is 5.91 Å². The molecule has 0 saturated heterocycles. The average molecular weight is 419 g/mol. The van der Waals surface area contributed by atoms with E-state index in [-0.39, 0.29) is 16.6 Å². The number of sulfonamides is 1. The van der Waals surface area contributed by atoms with Crippen molar-refractivity contribution in [1.82, 2.24) is 0 Å². The van der Waals surface area contributed by atoms with Crippen molar-refractivity contribution in [3.8, 4) is 11.5 Å². The maximum atomic E-state index is 13.0. The molecule has 8 heteroatoms. The van der Waals surface area contributed by atoms with Crippen LogP contribution in [-0.4, -0.2) is 28.5 Å². The van der Waals surface area contributed by atoms with Gasteiger partial charge in [-0.3, -0.25) is 9.52 Å². The van der Waals surface area contributed by atoms with Crippen molar-refractivity contribution in [3.63, 3.8) is 0 Å². The molecular formula is C21H26N2O5S. The van der Waals surface area contributed by atoms with Gasteiger partial charge in [0, 0.05) is 16.8 Å². The minimum absolute atomic E-state index is 0.0507. The van der Waals surface area contributed by atoms with Crippen LogP contribution in [0.15, 0.2) is 47.4 Å². The van der Waals surface area contributed by atoms with Crippen molar-refractivity contribution in [1.29, 1.82) is 0 Å². The lowest BCUT2D eigenvalue weighted by Crippen LogP contribution is -2.30. The van der Waals surface area contributed by atoms with E-state index in [1.54, 1.807) is 30.3 Å². The second kappa shape index (κ2) is 8.32. The van der Waals surface area contributed by atoms with Crippen LogP contribution < -0.4 is 19.5 Å². The molecule has 0 bridgehead atoms. The third kappa shape index (κ3) is 4.64. The minimum atomic E-state index is -3.94. The summed E-state index contributed by atoms with van der Waals surface area (Å²) in [5.41, 5.74) is 0.389. The first-order valence-corrected chi connectivity index (χ1v) is 10.9. The molecule has 0 aliphatic heterocycles. The molecule has 2 N–H and O–H groups in total. The van der Waals surface area contributed by atoms with Crippen LogP contribution in [0.5, 0.6) is 11.5 Å². The Hall–Kier alpha value is -2.74. The Morgan fingerprint density at radius 3 is 2.17 bits per heavy atom. The van der Waals surface area contributed by atoms with Gasteiger partial charge in [0.25, 0.3) is 10.0 Å². The first kappa shape index (κ1) is 21.0. The summed E-state index contributed by atoms with van der Waals surface area (Å²) in [5.74, 6) is 0.721. The van der Waals surface area contributed by atoms with E-state index in [0.29, 0.717) is 17.1 Å². The number of nitrogens with one attached hydrogen (secondary N) is 2. The largest absolute Gasteiger partial charge is 0.497 e. The van der Waals surface area contributed by atoms with E-state index in [2.05, 4.69) is 10.0 Å². The fourth-order valence-corrected chi connectivity index (χ4v) is 4.75. The number of methoxy groups -OCH3 is 2. The van der Waals surface area contributed by atoms with Crippen molar-refractivity contribution in [3.05, 3.63) is 42.5 Å². The van der Waals surface area contributed by atoms with Gasteiger partial charge in [-0.25, -0.2) is 8.42 Å². The van der Waals surface area contributed by atoms with E-state index in [9.17, 15) is 13.2 Å². The summed E-state index contributed by atoms with van der Waals surface area (Å²) in [7, 11) is -0.995. The Morgan fingerprint density at radius 1 is 0.966 bits per heavy atom. The third-order valence-corrected chi connectivity index (χ3v) is 6.71. The standard InChI is InChI=1S/C21H26N2O5S/c1-21(12-4-5-13-21)20(24)22-16-8-11-18(28-3)19(14-16)29(25,26)23-15-6-9-17(27-2)10-7-15/h6-11,14,23H,4-5,12-13H2,1-3H3,(H,22,24). The number of ether oxygens (including phenoxy) is 2. The quantitative estimate of drug-likeness (QED) is 0.708. The number of rotatable bonds is 7. The lowest BCUT2D eigenvalue weighted by Gasteiger charge is -2.22. The van der Waals surface area contributed by atoms with Crippen molar-refractivity contribution >= 4 is 27.3 Å². The highest BCUT2D eigenvalue weighted by Crippen LogP contribution is 2.39. The maximum absolute atomic E-state index is 13.0. The smallest absolute Gasteiger partial charge is 0.265 e. The van der Waals surface area contributed by atoms with Crippen molar-refractivity contribution < 1.29 is 22.7 Å². The number of hydrogen-bond acceptors (Lipinski definition) is 5. The second-order valence-electron chi connectivity index (χ2n) is 7.42. The lowest BCUT2D eigenvalue weighted by molar-refractivity contribution is -0.124. The molecular weight excluding hydrogens is 392 g/mol. The highest BCUT2D eigenvalue weighted by molar-refractivity contribution is 7.92. The third-order valence-electron chi connectivity index (χ3n) is 5.31. The normalized spacial score (nSPS) is 15.6. The van der Waals surface area contributed by atoms with Gasteiger partial charge >= 0.3 is 0 Å². The van der Waals surface area contributed by atoms with Crippen LogP contribution in [-0.2, 0) is 14.8 Å². The van der Waals surface area contributed by atoms with Gasteiger partial charge in [-0.05, 0) is 55.3 Å². The molecule has 1 fully saturated rings. The molecule has 0 atom stereocenters. The topological polar surface area (TPSA) is 93.7 Å². The SMILES string of the molecule is COc1ccc(NS(=O)(=O)c2cc(NC(=O)C3(C)CCCC3)ccc2OC)cc1. The molecule has 0 aromatic heterocycles. The Bertz CT molecular complexity index is 981. The number of carbonyl (C=O) groups excluding carboxylic acids is 1. The molecule has 0 radical (unpaired) electrons. The van der Waals surface area contributed by atoms with E-state index < -0.39 is 15.4 Å². The Labute approximate surface area is 171 Å². The van der Waals surface area contributed by atoms with E-state index in [4.69, 9.17) is 9.47 Å². The van der Waals surface area contributed by atoms with Gasteiger partial charge in [0.15, 0.2) is 0 Å². The summed E-state index contributed by atoms with van der Waals surface area (Å²) >= 11 is 0. The average Bonchev–Trinajstić information content (AvgIpc) is 3.16. The van der Waals surface area contributed by atoms with Crippen molar-refractivity contribution in [2.75, 3.05) is 24.3 Å². The zero-order valence-electron chi connectivity index (χ0n) is 16.8. The summed E-state index contributed by atoms with van der Waals surface area (Å²) in [4.78, 5) is 12.6. The molecule has 1 amide bonds. The molecule has 3 rings (SSSR count). The number of hydrogen-bond donors (Lipinski definition) is 2. The highest BCUT2D eigenvalue weighted by atomic mass is 32.2. The molecule has 1 saturated carbocycles. The molecule has 2 aromatic carbocycles.